The fraction of sp³-hybridized carbons (Fsp3) is 0.242. The van der Waals surface area contributed by atoms with Crippen molar-refractivity contribution in [2.75, 3.05) is 19.7 Å². The van der Waals surface area contributed by atoms with Gasteiger partial charge in [-0.3, -0.25) is 9.69 Å². The highest BCUT2D eigenvalue weighted by Gasteiger charge is 2.35. The number of hydrogen-bond donors (Lipinski definition) is 1. The van der Waals surface area contributed by atoms with E-state index in [0.29, 0.717) is 31.9 Å². The van der Waals surface area contributed by atoms with Gasteiger partial charge in [0.25, 0.3) is 0 Å². The third-order valence-corrected chi connectivity index (χ3v) is 6.79. The van der Waals surface area contributed by atoms with Gasteiger partial charge in [0.2, 0.25) is 5.91 Å². The molecule has 214 valence electrons. The number of nitrogens with two attached hydrogens (primary N) is 1. The molecule has 0 aromatic heterocycles. The smallest absolute Gasteiger partial charge is 0.419 e. The average molecular weight is 565 g/mol. The number of halogens is 4. The monoisotopic (exact) mass is 564 g/mol. The molecule has 0 saturated heterocycles. The minimum Gasteiger partial charge on any atom is -0.494 e. The Bertz CT molecular complexity index is 1370. The Morgan fingerprint density at radius 1 is 0.854 bits per heavy atom. The van der Waals surface area contributed by atoms with Crippen molar-refractivity contribution < 1.29 is 27.1 Å². The quantitative estimate of drug-likeness (QED) is 0.141. The lowest BCUT2D eigenvalue weighted by atomic mass is 9.90. The van der Waals surface area contributed by atoms with Crippen molar-refractivity contribution in [1.82, 2.24) is 4.90 Å². The van der Waals surface area contributed by atoms with E-state index in [-0.39, 0.29) is 24.4 Å². The van der Waals surface area contributed by atoms with Gasteiger partial charge < -0.3 is 10.5 Å². The van der Waals surface area contributed by atoms with E-state index in [9.17, 15) is 18.0 Å². The molecule has 41 heavy (non-hydrogen) atoms. The molecule has 0 radical (unpaired) electrons. The Morgan fingerprint density at radius 3 is 2.10 bits per heavy atom. The van der Waals surface area contributed by atoms with Crippen molar-refractivity contribution in [3.63, 3.8) is 0 Å². The number of hydrogen-bond acceptors (Lipinski definition) is 3. The Hall–Kier alpha value is -4.17. The van der Waals surface area contributed by atoms with Crippen LogP contribution in [0.5, 0.6) is 5.75 Å². The first-order valence-corrected chi connectivity index (χ1v) is 13.4. The van der Waals surface area contributed by atoms with Crippen LogP contribution < -0.4 is 10.5 Å². The Labute approximate surface area is 237 Å². The first kappa shape index (κ1) is 29.8. The van der Waals surface area contributed by atoms with Crippen LogP contribution >= 0.6 is 0 Å². The summed E-state index contributed by atoms with van der Waals surface area (Å²) in [7, 11) is 0. The van der Waals surface area contributed by atoms with Crippen LogP contribution in [0.15, 0.2) is 103 Å². The van der Waals surface area contributed by atoms with Crippen LogP contribution in [0.1, 0.15) is 40.2 Å². The van der Waals surface area contributed by atoms with Gasteiger partial charge in [0.05, 0.1) is 18.6 Å². The molecule has 4 nitrogen and oxygen atoms in total. The molecule has 0 aliphatic carbocycles. The van der Waals surface area contributed by atoms with E-state index in [4.69, 9.17) is 10.5 Å². The van der Waals surface area contributed by atoms with E-state index in [1.165, 1.54) is 12.1 Å². The van der Waals surface area contributed by atoms with Crippen LogP contribution in [-0.4, -0.2) is 30.5 Å². The van der Waals surface area contributed by atoms with Gasteiger partial charge in [-0.05, 0) is 41.3 Å². The number of rotatable bonds is 13. The van der Waals surface area contributed by atoms with Crippen molar-refractivity contribution in [2.45, 2.75) is 31.5 Å². The molecule has 4 rings (SSSR count). The average Bonchev–Trinajstić information content (AvgIpc) is 2.95. The number of alkyl halides is 3. The van der Waals surface area contributed by atoms with Crippen LogP contribution in [0, 0.1) is 5.82 Å². The van der Waals surface area contributed by atoms with Crippen molar-refractivity contribution in [3.05, 3.63) is 137 Å². The third-order valence-electron chi connectivity index (χ3n) is 6.79. The summed E-state index contributed by atoms with van der Waals surface area (Å²) in [6.45, 7) is 1.23. The van der Waals surface area contributed by atoms with Crippen LogP contribution in [0.25, 0.3) is 0 Å². The van der Waals surface area contributed by atoms with Crippen LogP contribution in [0.3, 0.4) is 0 Å². The fourth-order valence-corrected chi connectivity index (χ4v) is 4.85. The van der Waals surface area contributed by atoms with Gasteiger partial charge in [0.1, 0.15) is 11.6 Å². The lowest BCUT2D eigenvalue weighted by Gasteiger charge is -2.29. The minimum atomic E-state index is -4.78. The van der Waals surface area contributed by atoms with Crippen LogP contribution in [0.2, 0.25) is 0 Å². The summed E-state index contributed by atoms with van der Waals surface area (Å²) in [5.74, 6) is -1.18. The third kappa shape index (κ3) is 8.66. The number of nitrogens with zero attached hydrogens (tertiary/aromatic N) is 1. The van der Waals surface area contributed by atoms with Gasteiger partial charge in [-0.25, -0.2) is 4.39 Å². The van der Waals surface area contributed by atoms with Crippen LogP contribution in [0.4, 0.5) is 17.6 Å². The van der Waals surface area contributed by atoms with E-state index in [2.05, 4.69) is 0 Å². The highest BCUT2D eigenvalue weighted by molar-refractivity contribution is 5.76. The van der Waals surface area contributed by atoms with Crippen molar-refractivity contribution in [1.29, 1.82) is 0 Å². The highest BCUT2D eigenvalue weighted by atomic mass is 19.4. The highest BCUT2D eigenvalue weighted by Crippen LogP contribution is 2.33. The van der Waals surface area contributed by atoms with Crippen LogP contribution in [-0.2, 0) is 23.9 Å². The predicted octanol–water partition coefficient (Wildman–Crippen LogP) is 6.98. The largest absolute Gasteiger partial charge is 0.494 e. The Balaban J connectivity index is 1.54. The SMILES string of the molecule is NC(=O)Cc1cccc(OCCCN(Cc2cccc(C(F)(F)F)c2F)CC(c2ccccc2)c2ccccc2)c1. The number of benzene rings is 4. The van der Waals surface area contributed by atoms with Crippen molar-refractivity contribution in [2.24, 2.45) is 5.73 Å². The molecular formula is C33H32F4N2O2. The van der Waals surface area contributed by atoms with Gasteiger partial charge in [-0.1, -0.05) is 84.9 Å². The number of ether oxygens (including phenoxy) is 1. The molecule has 0 unspecified atom stereocenters. The molecule has 0 spiro atoms. The van der Waals surface area contributed by atoms with E-state index in [1.54, 1.807) is 24.3 Å². The molecule has 0 saturated carbocycles. The summed E-state index contributed by atoms with van der Waals surface area (Å²) in [6.07, 6.45) is -4.14. The zero-order chi connectivity index (χ0) is 29.2. The minimum absolute atomic E-state index is 0.0000170. The zero-order valence-electron chi connectivity index (χ0n) is 22.5. The first-order valence-electron chi connectivity index (χ1n) is 13.4. The fourth-order valence-electron chi connectivity index (χ4n) is 4.85. The molecule has 0 atom stereocenters. The second kappa shape index (κ2) is 13.9. The molecule has 0 aliphatic heterocycles. The second-order valence-electron chi connectivity index (χ2n) is 9.88. The number of primary amides is 1. The molecule has 8 heteroatoms. The molecule has 0 heterocycles. The predicted molar refractivity (Wildman–Crippen MR) is 151 cm³/mol. The number of amides is 1. The molecule has 0 bridgehead atoms. The molecule has 2 N–H and O–H groups in total. The normalized spacial score (nSPS) is 11.7. The van der Waals surface area contributed by atoms with Gasteiger partial charge in [-0.15, -0.1) is 0 Å². The summed E-state index contributed by atoms with van der Waals surface area (Å²) in [5, 5.41) is 0. The maximum absolute atomic E-state index is 15.0. The molecule has 4 aromatic carbocycles. The maximum Gasteiger partial charge on any atom is 0.419 e. The summed E-state index contributed by atoms with van der Waals surface area (Å²) >= 11 is 0. The summed E-state index contributed by atoms with van der Waals surface area (Å²) in [4.78, 5) is 13.2. The lowest BCUT2D eigenvalue weighted by molar-refractivity contribution is -0.140. The zero-order valence-corrected chi connectivity index (χ0v) is 22.5. The van der Waals surface area contributed by atoms with E-state index in [0.717, 1.165) is 22.8 Å². The Morgan fingerprint density at radius 2 is 1.49 bits per heavy atom. The van der Waals surface area contributed by atoms with E-state index < -0.39 is 23.5 Å². The summed E-state index contributed by atoms with van der Waals surface area (Å²) < 4.78 is 61.2. The lowest BCUT2D eigenvalue weighted by Crippen LogP contribution is -2.31. The molecule has 0 fully saturated rings. The van der Waals surface area contributed by atoms with Gasteiger partial charge in [0, 0.05) is 31.1 Å². The second-order valence-corrected chi connectivity index (χ2v) is 9.88. The molecule has 4 aromatic rings. The van der Waals surface area contributed by atoms with Gasteiger partial charge in [-0.2, -0.15) is 13.2 Å². The van der Waals surface area contributed by atoms with Crippen molar-refractivity contribution >= 4 is 5.91 Å². The molecular weight excluding hydrogens is 532 g/mol. The summed E-state index contributed by atoms with van der Waals surface area (Å²) in [5.41, 5.74) is 6.85. The van der Waals surface area contributed by atoms with Gasteiger partial charge in [0.15, 0.2) is 0 Å². The van der Waals surface area contributed by atoms with Gasteiger partial charge >= 0.3 is 6.18 Å². The topological polar surface area (TPSA) is 55.6 Å². The van der Waals surface area contributed by atoms with E-state index >= 15 is 4.39 Å². The maximum atomic E-state index is 15.0. The van der Waals surface area contributed by atoms with E-state index in [1.807, 2.05) is 65.6 Å². The van der Waals surface area contributed by atoms with Crippen molar-refractivity contribution in [3.8, 4) is 5.75 Å². The molecule has 0 aliphatic rings. The standard InChI is InChI=1S/C33H32F4N2O2/c34-32-27(15-8-17-30(32)33(35,36)37)22-39(18-9-19-41-28-16-7-10-24(20-28)21-31(38)40)23-29(25-11-3-1-4-12-25)26-13-5-2-6-14-26/h1-8,10-17,20,29H,9,18-19,21-23H2,(H2,38,40). The Kier molecular flexibility index (Phi) is 10.1. The number of carbonyl (C=O) groups excluding carboxylic acids is 1. The first-order chi connectivity index (χ1) is 19.7. The number of carbonyl (C=O) groups is 1. The summed E-state index contributed by atoms with van der Waals surface area (Å²) in [6, 6.07) is 30.2. The molecule has 1 amide bonds.